The number of aromatic nitrogens is 1. The Balaban J connectivity index is 1.60. The highest BCUT2D eigenvalue weighted by molar-refractivity contribution is 6.29. The minimum absolute atomic E-state index is 0.465. The number of halogens is 1. The minimum atomic E-state index is 0.465. The molecule has 0 aliphatic carbocycles. The van der Waals surface area contributed by atoms with E-state index in [9.17, 15) is 0 Å². The van der Waals surface area contributed by atoms with E-state index in [0.717, 1.165) is 51.4 Å². The first-order valence-electron chi connectivity index (χ1n) is 7.18. The molecule has 1 saturated heterocycles. The second-order valence-electron chi connectivity index (χ2n) is 4.92. The van der Waals surface area contributed by atoms with Gasteiger partial charge in [0.05, 0.1) is 19.8 Å². The summed E-state index contributed by atoms with van der Waals surface area (Å²) in [6, 6.07) is 3.64. The molecule has 1 aromatic rings. The van der Waals surface area contributed by atoms with Crippen LogP contribution in [0.1, 0.15) is 12.0 Å². The number of hydrogen-bond acceptors (Lipinski definition) is 4. The summed E-state index contributed by atoms with van der Waals surface area (Å²) in [6.45, 7) is 6.11. The van der Waals surface area contributed by atoms with Gasteiger partial charge in [-0.05, 0) is 24.6 Å². The van der Waals surface area contributed by atoms with E-state index in [1.54, 1.807) is 12.3 Å². The molecule has 6 nitrogen and oxygen atoms in total. The summed E-state index contributed by atoms with van der Waals surface area (Å²) in [6.07, 6.45) is 2.75. The Kier molecular flexibility index (Phi) is 6.72. The summed E-state index contributed by atoms with van der Waals surface area (Å²) in [5, 5.41) is 3.61. The zero-order valence-electron chi connectivity index (χ0n) is 12.1. The summed E-state index contributed by atoms with van der Waals surface area (Å²) >= 11 is 5.73. The summed E-state index contributed by atoms with van der Waals surface area (Å²) in [4.78, 5) is 10.7. The van der Waals surface area contributed by atoms with E-state index >= 15 is 0 Å². The molecule has 3 N–H and O–H groups in total. The summed E-state index contributed by atoms with van der Waals surface area (Å²) < 4.78 is 5.32. The van der Waals surface area contributed by atoms with Crippen LogP contribution in [0.2, 0.25) is 5.15 Å². The fraction of sp³-hybridized carbons (Fsp3) is 0.571. The lowest BCUT2D eigenvalue weighted by atomic mass is 10.3. The number of ether oxygens (including phenoxy) is 1. The number of morpholine rings is 1. The average Bonchev–Trinajstić information content (AvgIpc) is 2.52. The van der Waals surface area contributed by atoms with Gasteiger partial charge >= 0.3 is 0 Å². The van der Waals surface area contributed by atoms with E-state index in [2.05, 4.69) is 20.2 Å². The summed E-state index contributed by atoms with van der Waals surface area (Å²) in [5.74, 6) is 0.465. The third kappa shape index (κ3) is 6.29. The van der Waals surface area contributed by atoms with Crippen molar-refractivity contribution < 1.29 is 4.74 Å². The molecule has 1 aromatic heterocycles. The largest absolute Gasteiger partial charge is 0.379 e. The van der Waals surface area contributed by atoms with Gasteiger partial charge in [0, 0.05) is 25.8 Å². The molecule has 0 aromatic carbocycles. The Hall–Kier alpha value is -1.37. The standard InChI is InChI=1S/C14H22ClN5O/c15-13-3-2-12(10-18-13)11-19-14(16)17-4-1-5-20-6-8-21-9-7-20/h2-3,10H,1,4-9,11H2,(H3,16,17,19). The maximum atomic E-state index is 5.83. The molecule has 0 unspecified atom stereocenters. The average molecular weight is 312 g/mol. The van der Waals surface area contributed by atoms with E-state index in [0.29, 0.717) is 17.7 Å². The first-order chi connectivity index (χ1) is 10.2. The van der Waals surface area contributed by atoms with Crippen LogP contribution in [0.5, 0.6) is 0 Å². The zero-order chi connectivity index (χ0) is 14.9. The van der Waals surface area contributed by atoms with Crippen LogP contribution < -0.4 is 11.1 Å². The SMILES string of the molecule is NC(=NCc1ccc(Cl)nc1)NCCCN1CCOCC1. The topological polar surface area (TPSA) is 75.8 Å². The predicted molar refractivity (Wildman–Crippen MR) is 84.5 cm³/mol. The summed E-state index contributed by atoms with van der Waals surface area (Å²) in [5.41, 5.74) is 6.81. The molecule has 1 fully saturated rings. The second-order valence-corrected chi connectivity index (χ2v) is 5.31. The van der Waals surface area contributed by atoms with Crippen molar-refractivity contribution in [2.45, 2.75) is 13.0 Å². The molecular weight excluding hydrogens is 290 g/mol. The number of nitrogens with zero attached hydrogens (tertiary/aromatic N) is 3. The van der Waals surface area contributed by atoms with Gasteiger partial charge in [0.25, 0.3) is 0 Å². The van der Waals surface area contributed by atoms with Gasteiger partial charge in [-0.1, -0.05) is 17.7 Å². The third-order valence-electron chi connectivity index (χ3n) is 3.28. The monoisotopic (exact) mass is 311 g/mol. The molecule has 7 heteroatoms. The van der Waals surface area contributed by atoms with Gasteiger partial charge in [0.1, 0.15) is 5.15 Å². The minimum Gasteiger partial charge on any atom is -0.379 e. The highest BCUT2D eigenvalue weighted by Gasteiger charge is 2.08. The van der Waals surface area contributed by atoms with Crippen LogP contribution in [0.25, 0.3) is 0 Å². The summed E-state index contributed by atoms with van der Waals surface area (Å²) in [7, 11) is 0. The quantitative estimate of drug-likeness (QED) is 0.353. The first kappa shape index (κ1) is 16.0. The molecular formula is C14H22ClN5O. The molecule has 0 atom stereocenters. The van der Waals surface area contributed by atoms with Gasteiger partial charge in [-0.15, -0.1) is 0 Å². The van der Waals surface area contributed by atoms with Crippen molar-refractivity contribution in [3.05, 3.63) is 29.0 Å². The van der Waals surface area contributed by atoms with E-state index in [1.807, 2.05) is 6.07 Å². The maximum Gasteiger partial charge on any atom is 0.188 e. The Morgan fingerprint density at radius 1 is 1.43 bits per heavy atom. The van der Waals surface area contributed by atoms with Crippen LogP contribution in [-0.2, 0) is 11.3 Å². The van der Waals surface area contributed by atoms with Crippen molar-refractivity contribution in [2.75, 3.05) is 39.4 Å². The molecule has 0 amide bonds. The number of guanidine groups is 1. The van der Waals surface area contributed by atoms with Gasteiger partial charge in [-0.2, -0.15) is 0 Å². The highest BCUT2D eigenvalue weighted by atomic mass is 35.5. The predicted octanol–water partition coefficient (Wildman–Crippen LogP) is 0.862. The molecule has 2 rings (SSSR count). The van der Waals surface area contributed by atoms with Crippen molar-refractivity contribution in [1.29, 1.82) is 0 Å². The van der Waals surface area contributed by atoms with Gasteiger partial charge in [0.2, 0.25) is 0 Å². The molecule has 0 bridgehead atoms. The zero-order valence-corrected chi connectivity index (χ0v) is 12.9. The van der Waals surface area contributed by atoms with Gasteiger partial charge in [0.15, 0.2) is 5.96 Å². The van der Waals surface area contributed by atoms with Crippen molar-refractivity contribution in [3.8, 4) is 0 Å². The Bertz CT molecular complexity index is 445. The van der Waals surface area contributed by atoms with Crippen molar-refractivity contribution in [2.24, 2.45) is 10.7 Å². The van der Waals surface area contributed by atoms with Crippen LogP contribution in [-0.4, -0.2) is 55.2 Å². The highest BCUT2D eigenvalue weighted by Crippen LogP contribution is 2.05. The number of pyridine rings is 1. The molecule has 0 saturated carbocycles. The smallest absolute Gasteiger partial charge is 0.188 e. The Morgan fingerprint density at radius 2 is 2.24 bits per heavy atom. The van der Waals surface area contributed by atoms with E-state index in [1.165, 1.54) is 0 Å². The normalized spacial score (nSPS) is 16.9. The van der Waals surface area contributed by atoms with Crippen LogP contribution in [0.15, 0.2) is 23.3 Å². The van der Waals surface area contributed by atoms with Gasteiger partial charge < -0.3 is 15.8 Å². The van der Waals surface area contributed by atoms with Crippen LogP contribution in [0.4, 0.5) is 0 Å². The molecule has 0 radical (unpaired) electrons. The molecule has 1 aliphatic rings. The first-order valence-corrected chi connectivity index (χ1v) is 7.56. The van der Waals surface area contributed by atoms with E-state index < -0.39 is 0 Å². The maximum absolute atomic E-state index is 5.83. The Labute approximate surface area is 130 Å². The van der Waals surface area contributed by atoms with Crippen LogP contribution in [0, 0.1) is 0 Å². The number of rotatable bonds is 6. The van der Waals surface area contributed by atoms with Gasteiger partial charge in [-0.25, -0.2) is 9.98 Å². The lowest BCUT2D eigenvalue weighted by Gasteiger charge is -2.26. The fourth-order valence-corrected chi connectivity index (χ4v) is 2.19. The van der Waals surface area contributed by atoms with E-state index in [4.69, 9.17) is 22.1 Å². The lowest BCUT2D eigenvalue weighted by molar-refractivity contribution is 0.0376. The molecule has 2 heterocycles. The molecule has 1 aliphatic heterocycles. The second kappa shape index (κ2) is 8.81. The Morgan fingerprint density at radius 3 is 2.95 bits per heavy atom. The lowest BCUT2D eigenvalue weighted by Crippen LogP contribution is -2.39. The van der Waals surface area contributed by atoms with E-state index in [-0.39, 0.29) is 0 Å². The number of hydrogen-bond donors (Lipinski definition) is 2. The molecule has 0 spiro atoms. The van der Waals surface area contributed by atoms with Crippen LogP contribution >= 0.6 is 11.6 Å². The number of nitrogens with one attached hydrogen (secondary N) is 1. The van der Waals surface area contributed by atoms with Crippen molar-refractivity contribution in [1.82, 2.24) is 15.2 Å². The number of aliphatic imine (C=N–C) groups is 1. The third-order valence-corrected chi connectivity index (χ3v) is 3.51. The van der Waals surface area contributed by atoms with Crippen molar-refractivity contribution >= 4 is 17.6 Å². The van der Waals surface area contributed by atoms with Crippen LogP contribution in [0.3, 0.4) is 0 Å². The van der Waals surface area contributed by atoms with Gasteiger partial charge in [-0.3, -0.25) is 4.90 Å². The fourth-order valence-electron chi connectivity index (χ4n) is 2.08. The molecule has 21 heavy (non-hydrogen) atoms. The molecule has 116 valence electrons. The number of nitrogens with two attached hydrogens (primary N) is 1. The van der Waals surface area contributed by atoms with Crippen molar-refractivity contribution in [3.63, 3.8) is 0 Å².